The lowest BCUT2D eigenvalue weighted by Gasteiger charge is -2.20. The lowest BCUT2D eigenvalue weighted by Crippen LogP contribution is -2.14. The van der Waals surface area contributed by atoms with Gasteiger partial charge in [-0.25, -0.2) is 0 Å². The topological polar surface area (TPSA) is 26.3 Å². The molecule has 0 unspecified atom stereocenters. The first-order chi connectivity index (χ1) is 9.24. The second kappa shape index (κ2) is 7.32. The van der Waals surface area contributed by atoms with Crippen molar-refractivity contribution >= 4 is 5.78 Å². The molecule has 19 heavy (non-hydrogen) atoms. The molecule has 0 aromatic heterocycles. The summed E-state index contributed by atoms with van der Waals surface area (Å²) in [5.41, 5.74) is 1.19. The van der Waals surface area contributed by atoms with Crippen molar-refractivity contribution in [2.75, 3.05) is 6.61 Å². The Morgan fingerprint density at radius 2 is 2.05 bits per heavy atom. The highest BCUT2D eigenvalue weighted by Gasteiger charge is 2.16. The average molecular weight is 260 g/mol. The van der Waals surface area contributed by atoms with Crippen molar-refractivity contribution in [1.82, 2.24) is 0 Å². The molecule has 1 aromatic rings. The van der Waals surface area contributed by atoms with Gasteiger partial charge in [-0.3, -0.25) is 4.79 Å². The fourth-order valence-corrected chi connectivity index (χ4v) is 2.80. The van der Waals surface area contributed by atoms with Crippen LogP contribution < -0.4 is 4.74 Å². The van der Waals surface area contributed by atoms with Crippen molar-refractivity contribution in [3.63, 3.8) is 0 Å². The van der Waals surface area contributed by atoms with Gasteiger partial charge in [0.25, 0.3) is 0 Å². The summed E-state index contributed by atoms with van der Waals surface area (Å²) in [6.45, 7) is 2.55. The van der Waals surface area contributed by atoms with E-state index >= 15 is 0 Å². The van der Waals surface area contributed by atoms with E-state index in [9.17, 15) is 4.79 Å². The molecule has 0 saturated heterocycles. The van der Waals surface area contributed by atoms with Gasteiger partial charge < -0.3 is 4.74 Å². The lowest BCUT2D eigenvalue weighted by atomic mass is 9.85. The molecule has 0 N–H and O–H groups in total. The van der Waals surface area contributed by atoms with Gasteiger partial charge in [-0.2, -0.15) is 0 Å². The molecule has 0 amide bonds. The molecule has 2 heteroatoms. The SMILES string of the molecule is Cc1cccc(OCCC(=O)CC2CCCCC2)c1. The zero-order valence-electron chi connectivity index (χ0n) is 11.9. The summed E-state index contributed by atoms with van der Waals surface area (Å²) in [7, 11) is 0. The zero-order valence-corrected chi connectivity index (χ0v) is 11.9. The van der Waals surface area contributed by atoms with Gasteiger partial charge in [-0.05, 0) is 30.5 Å². The van der Waals surface area contributed by atoms with Crippen molar-refractivity contribution in [3.05, 3.63) is 29.8 Å². The molecule has 1 aliphatic carbocycles. The van der Waals surface area contributed by atoms with Gasteiger partial charge in [0, 0.05) is 12.8 Å². The Morgan fingerprint density at radius 1 is 1.26 bits per heavy atom. The van der Waals surface area contributed by atoms with Crippen molar-refractivity contribution in [1.29, 1.82) is 0 Å². The van der Waals surface area contributed by atoms with Crippen LogP contribution in [0.1, 0.15) is 50.5 Å². The van der Waals surface area contributed by atoms with Crippen molar-refractivity contribution in [2.45, 2.75) is 51.9 Å². The summed E-state index contributed by atoms with van der Waals surface area (Å²) in [6.07, 6.45) is 7.74. The zero-order chi connectivity index (χ0) is 13.5. The molecule has 1 saturated carbocycles. The third kappa shape index (κ3) is 5.06. The van der Waals surface area contributed by atoms with E-state index < -0.39 is 0 Å². The van der Waals surface area contributed by atoms with Crippen LogP contribution >= 0.6 is 0 Å². The van der Waals surface area contributed by atoms with E-state index in [0.29, 0.717) is 24.7 Å². The van der Waals surface area contributed by atoms with E-state index in [2.05, 4.69) is 0 Å². The highest BCUT2D eigenvalue weighted by Crippen LogP contribution is 2.26. The van der Waals surface area contributed by atoms with Crippen LogP contribution in [0.5, 0.6) is 5.75 Å². The fourth-order valence-electron chi connectivity index (χ4n) is 2.80. The van der Waals surface area contributed by atoms with Gasteiger partial charge in [0.05, 0.1) is 6.61 Å². The van der Waals surface area contributed by atoms with Crippen LogP contribution in [0.25, 0.3) is 0 Å². The Kier molecular flexibility index (Phi) is 5.44. The number of aryl methyl sites for hydroxylation is 1. The quantitative estimate of drug-likeness (QED) is 0.762. The summed E-state index contributed by atoms with van der Waals surface area (Å²) >= 11 is 0. The number of benzene rings is 1. The van der Waals surface area contributed by atoms with Crippen LogP contribution in [0, 0.1) is 12.8 Å². The van der Waals surface area contributed by atoms with Crippen molar-refractivity contribution < 1.29 is 9.53 Å². The third-order valence-electron chi connectivity index (χ3n) is 3.88. The first-order valence-electron chi connectivity index (χ1n) is 7.45. The number of hydrogen-bond acceptors (Lipinski definition) is 2. The lowest BCUT2D eigenvalue weighted by molar-refractivity contribution is -0.120. The monoisotopic (exact) mass is 260 g/mol. The first-order valence-corrected chi connectivity index (χ1v) is 7.45. The van der Waals surface area contributed by atoms with Crippen molar-refractivity contribution in [2.24, 2.45) is 5.92 Å². The highest BCUT2D eigenvalue weighted by atomic mass is 16.5. The number of hydrogen-bond donors (Lipinski definition) is 0. The minimum atomic E-state index is 0.361. The minimum absolute atomic E-state index is 0.361. The molecular formula is C17H24O2. The van der Waals surface area contributed by atoms with Crippen LogP contribution in [0.15, 0.2) is 24.3 Å². The minimum Gasteiger partial charge on any atom is -0.493 e. The third-order valence-corrected chi connectivity index (χ3v) is 3.88. The molecule has 1 aromatic carbocycles. The summed E-state index contributed by atoms with van der Waals surface area (Å²) in [6, 6.07) is 7.97. The molecule has 2 nitrogen and oxygen atoms in total. The summed E-state index contributed by atoms with van der Waals surface area (Å²) in [5, 5.41) is 0. The second-order valence-corrected chi connectivity index (χ2v) is 5.66. The van der Waals surface area contributed by atoms with E-state index in [4.69, 9.17) is 4.74 Å². The van der Waals surface area contributed by atoms with Gasteiger partial charge >= 0.3 is 0 Å². The Labute approximate surface area is 116 Å². The van der Waals surface area contributed by atoms with Gasteiger partial charge in [0.15, 0.2) is 0 Å². The fraction of sp³-hybridized carbons (Fsp3) is 0.588. The Bertz CT molecular complexity index is 405. The number of ketones is 1. The largest absolute Gasteiger partial charge is 0.493 e. The molecule has 2 rings (SSSR count). The van der Waals surface area contributed by atoms with Crippen molar-refractivity contribution in [3.8, 4) is 5.75 Å². The normalized spacial score (nSPS) is 16.3. The molecule has 0 bridgehead atoms. The van der Waals surface area contributed by atoms with Gasteiger partial charge in [-0.15, -0.1) is 0 Å². The maximum absolute atomic E-state index is 11.9. The first kappa shape index (κ1) is 14.1. The predicted molar refractivity (Wildman–Crippen MR) is 77.5 cm³/mol. The second-order valence-electron chi connectivity index (χ2n) is 5.66. The number of carbonyl (C=O) groups excluding carboxylic acids is 1. The maximum Gasteiger partial charge on any atom is 0.136 e. The molecule has 0 atom stereocenters. The van der Waals surface area contributed by atoms with Crippen LogP contribution in [0.2, 0.25) is 0 Å². The summed E-state index contributed by atoms with van der Waals surface area (Å²) in [5.74, 6) is 1.87. The molecule has 104 valence electrons. The molecule has 0 heterocycles. The number of rotatable bonds is 6. The van der Waals surface area contributed by atoms with Crippen LogP contribution in [0.3, 0.4) is 0 Å². The standard InChI is InChI=1S/C17H24O2/c1-14-6-5-9-17(12-14)19-11-10-16(18)13-15-7-3-2-4-8-15/h5-6,9,12,15H,2-4,7-8,10-11,13H2,1H3. The molecule has 0 radical (unpaired) electrons. The summed E-state index contributed by atoms with van der Waals surface area (Å²) < 4.78 is 5.63. The number of Topliss-reactive ketones (excluding diaryl/α,β-unsaturated/α-hetero) is 1. The van der Waals surface area contributed by atoms with E-state index in [1.165, 1.54) is 37.7 Å². The van der Waals surface area contributed by atoms with Gasteiger partial charge in [-0.1, -0.05) is 44.2 Å². The predicted octanol–water partition coefficient (Wildman–Crippen LogP) is 4.30. The Balaban J connectivity index is 1.66. The smallest absolute Gasteiger partial charge is 0.136 e. The Morgan fingerprint density at radius 3 is 2.79 bits per heavy atom. The van der Waals surface area contributed by atoms with Gasteiger partial charge in [0.1, 0.15) is 11.5 Å². The molecule has 1 fully saturated rings. The van der Waals surface area contributed by atoms with E-state index in [-0.39, 0.29) is 0 Å². The Hall–Kier alpha value is -1.31. The van der Waals surface area contributed by atoms with E-state index in [1.807, 2.05) is 31.2 Å². The highest BCUT2D eigenvalue weighted by molar-refractivity contribution is 5.78. The summed E-state index contributed by atoms with van der Waals surface area (Å²) in [4.78, 5) is 11.9. The number of carbonyl (C=O) groups is 1. The van der Waals surface area contributed by atoms with Gasteiger partial charge in [0.2, 0.25) is 0 Å². The van der Waals surface area contributed by atoms with Crippen LogP contribution in [0.4, 0.5) is 0 Å². The molecule has 1 aliphatic rings. The molecule has 0 aliphatic heterocycles. The maximum atomic E-state index is 11.9. The van der Waals surface area contributed by atoms with E-state index in [0.717, 1.165) is 12.2 Å². The molecule has 0 spiro atoms. The average Bonchev–Trinajstić information content (AvgIpc) is 2.40. The number of ether oxygens (including phenoxy) is 1. The van der Waals surface area contributed by atoms with Crippen LogP contribution in [-0.4, -0.2) is 12.4 Å². The van der Waals surface area contributed by atoms with Crippen LogP contribution in [-0.2, 0) is 4.79 Å². The molecular weight excluding hydrogens is 236 g/mol. The van der Waals surface area contributed by atoms with E-state index in [1.54, 1.807) is 0 Å².